The van der Waals surface area contributed by atoms with Crippen molar-refractivity contribution in [3.05, 3.63) is 78.2 Å². The molecule has 1 N–H and O–H groups in total. The van der Waals surface area contributed by atoms with E-state index in [-0.39, 0.29) is 21.3 Å². The maximum absolute atomic E-state index is 12.6. The molecule has 0 fully saturated rings. The van der Waals surface area contributed by atoms with Gasteiger partial charge in [0.1, 0.15) is 23.8 Å². The van der Waals surface area contributed by atoms with Gasteiger partial charge in [0.25, 0.3) is 10.0 Å². The van der Waals surface area contributed by atoms with Crippen LogP contribution in [0, 0.1) is 11.3 Å². The van der Waals surface area contributed by atoms with Crippen molar-refractivity contribution in [3.63, 3.8) is 0 Å². The van der Waals surface area contributed by atoms with E-state index < -0.39 is 10.0 Å². The molecule has 0 spiro atoms. The number of sulfonamides is 1. The van der Waals surface area contributed by atoms with Gasteiger partial charge in [-0.2, -0.15) is 9.64 Å². The van der Waals surface area contributed by atoms with Crippen molar-refractivity contribution in [3.8, 4) is 28.8 Å². The second-order valence-corrected chi connectivity index (χ2v) is 9.06. The van der Waals surface area contributed by atoms with Crippen molar-refractivity contribution in [2.75, 3.05) is 4.72 Å². The third kappa shape index (κ3) is 4.59. The molecule has 2 aromatic carbocycles. The van der Waals surface area contributed by atoms with Crippen molar-refractivity contribution in [2.24, 2.45) is 0 Å². The van der Waals surface area contributed by atoms with Gasteiger partial charge >= 0.3 is 0 Å². The van der Waals surface area contributed by atoms with E-state index in [4.69, 9.17) is 4.74 Å². The molecule has 2 heterocycles. The van der Waals surface area contributed by atoms with Crippen molar-refractivity contribution >= 4 is 26.7 Å². The summed E-state index contributed by atoms with van der Waals surface area (Å²) in [6, 6.07) is 19.3. The molecule has 2 aromatic heterocycles. The quantitative estimate of drug-likeness (QED) is 0.424. The van der Waals surface area contributed by atoms with E-state index in [0.717, 1.165) is 29.2 Å². The van der Waals surface area contributed by atoms with E-state index in [1.165, 1.54) is 24.5 Å². The van der Waals surface area contributed by atoms with Crippen LogP contribution in [0.4, 0.5) is 5.13 Å². The molecule has 0 aliphatic heterocycles. The molecule has 0 saturated heterocycles. The lowest BCUT2D eigenvalue weighted by molar-refractivity contribution is 0.480. The van der Waals surface area contributed by atoms with Gasteiger partial charge in [-0.25, -0.2) is 18.4 Å². The zero-order valence-electron chi connectivity index (χ0n) is 16.9. The number of aryl methyl sites for hydroxylation is 1. The van der Waals surface area contributed by atoms with Crippen LogP contribution in [0.15, 0.2) is 71.9 Å². The molecule has 4 aromatic rings. The Balaban J connectivity index is 1.69. The third-order valence-corrected chi connectivity index (χ3v) is 6.56. The molecule has 0 unspecified atom stereocenters. The van der Waals surface area contributed by atoms with Gasteiger partial charge in [0.05, 0.1) is 10.5 Å². The molecule has 32 heavy (non-hydrogen) atoms. The predicted octanol–water partition coefficient (Wildman–Crippen LogP) is 4.63. The van der Waals surface area contributed by atoms with Crippen LogP contribution < -0.4 is 9.46 Å². The van der Waals surface area contributed by atoms with Crippen molar-refractivity contribution < 1.29 is 13.2 Å². The molecule has 160 valence electrons. The Bertz CT molecular complexity index is 1380. The Labute approximate surface area is 189 Å². The molecule has 0 saturated carbocycles. The molecule has 0 radical (unpaired) electrons. The lowest BCUT2D eigenvalue weighted by Crippen LogP contribution is -2.13. The standard InChI is InChI=1S/C22H17N5O3S2/c1-2-17-8-10-20(21(26-17)15-6-4-3-5-7-15)30-19-11-9-18(12-16(19)13-23)32(28,29)27-22-24-14-25-31-22/h3-12,14H,2H2,1H3,(H,24,25,27). The normalized spacial score (nSPS) is 11.0. The first-order valence-electron chi connectivity index (χ1n) is 9.57. The summed E-state index contributed by atoms with van der Waals surface area (Å²) < 4.78 is 37.4. The molecule has 0 aliphatic rings. The van der Waals surface area contributed by atoms with E-state index in [2.05, 4.69) is 19.1 Å². The van der Waals surface area contributed by atoms with Crippen molar-refractivity contribution in [2.45, 2.75) is 18.2 Å². The highest BCUT2D eigenvalue weighted by Crippen LogP contribution is 2.34. The van der Waals surface area contributed by atoms with Crippen molar-refractivity contribution in [1.29, 1.82) is 5.26 Å². The number of rotatable bonds is 7. The van der Waals surface area contributed by atoms with Crippen LogP contribution in [0.2, 0.25) is 0 Å². The predicted molar refractivity (Wildman–Crippen MR) is 121 cm³/mol. The Morgan fingerprint density at radius 1 is 1.09 bits per heavy atom. The number of nitriles is 1. The van der Waals surface area contributed by atoms with Crippen LogP contribution >= 0.6 is 11.5 Å². The Morgan fingerprint density at radius 3 is 2.56 bits per heavy atom. The van der Waals surface area contributed by atoms with Gasteiger partial charge in [-0.3, -0.25) is 4.72 Å². The zero-order chi connectivity index (χ0) is 22.6. The number of hydrogen-bond donors (Lipinski definition) is 1. The van der Waals surface area contributed by atoms with E-state index in [1.54, 1.807) is 6.07 Å². The Kier molecular flexibility index (Phi) is 6.11. The highest BCUT2D eigenvalue weighted by Gasteiger charge is 2.19. The molecule has 0 aliphatic carbocycles. The molecular weight excluding hydrogens is 446 g/mol. The smallest absolute Gasteiger partial charge is 0.263 e. The highest BCUT2D eigenvalue weighted by atomic mass is 32.2. The van der Waals surface area contributed by atoms with Crippen LogP contribution in [-0.4, -0.2) is 22.8 Å². The first kappa shape index (κ1) is 21.4. The number of anilines is 1. The first-order valence-corrected chi connectivity index (χ1v) is 11.8. The summed E-state index contributed by atoms with van der Waals surface area (Å²) >= 11 is 0.914. The lowest BCUT2D eigenvalue weighted by atomic mass is 10.1. The second kappa shape index (κ2) is 9.13. The van der Waals surface area contributed by atoms with Crippen LogP contribution in [-0.2, 0) is 16.4 Å². The van der Waals surface area contributed by atoms with Gasteiger partial charge in [0, 0.05) is 22.8 Å². The fourth-order valence-electron chi connectivity index (χ4n) is 2.93. The highest BCUT2D eigenvalue weighted by molar-refractivity contribution is 7.93. The SMILES string of the molecule is CCc1ccc(Oc2ccc(S(=O)(=O)Nc3ncns3)cc2C#N)c(-c2ccccc2)n1. The average Bonchev–Trinajstić information content (AvgIpc) is 3.32. The summed E-state index contributed by atoms with van der Waals surface area (Å²) in [5, 5.41) is 9.77. The van der Waals surface area contributed by atoms with Gasteiger partial charge in [0.2, 0.25) is 5.13 Å². The summed E-state index contributed by atoms with van der Waals surface area (Å²) in [7, 11) is -3.93. The molecule has 0 bridgehead atoms. The molecule has 0 atom stereocenters. The van der Waals surface area contributed by atoms with Gasteiger partial charge < -0.3 is 4.74 Å². The summed E-state index contributed by atoms with van der Waals surface area (Å²) in [6.07, 6.45) is 2.01. The zero-order valence-corrected chi connectivity index (χ0v) is 18.5. The Morgan fingerprint density at radius 2 is 1.88 bits per heavy atom. The topological polar surface area (TPSA) is 118 Å². The number of ether oxygens (including phenoxy) is 1. The minimum atomic E-state index is -3.93. The van der Waals surface area contributed by atoms with Crippen LogP contribution in [0.25, 0.3) is 11.3 Å². The van der Waals surface area contributed by atoms with Crippen LogP contribution in [0.3, 0.4) is 0 Å². The van der Waals surface area contributed by atoms with Gasteiger partial charge in [-0.15, -0.1) is 0 Å². The summed E-state index contributed by atoms with van der Waals surface area (Å²) in [6.45, 7) is 2.01. The van der Waals surface area contributed by atoms with Gasteiger partial charge in [-0.1, -0.05) is 37.3 Å². The van der Waals surface area contributed by atoms with E-state index in [1.807, 2.05) is 49.4 Å². The van der Waals surface area contributed by atoms with E-state index in [9.17, 15) is 13.7 Å². The maximum Gasteiger partial charge on any atom is 0.263 e. The first-order chi connectivity index (χ1) is 15.5. The average molecular weight is 464 g/mol. The molecule has 8 nitrogen and oxygen atoms in total. The Hall–Kier alpha value is -3.81. The fourth-order valence-corrected chi connectivity index (χ4v) is 4.62. The molecule has 4 rings (SSSR count). The third-order valence-electron chi connectivity index (χ3n) is 4.51. The lowest BCUT2D eigenvalue weighted by Gasteiger charge is -2.14. The number of nitrogens with zero attached hydrogens (tertiary/aromatic N) is 4. The second-order valence-electron chi connectivity index (χ2n) is 6.59. The molecule has 0 amide bonds. The summed E-state index contributed by atoms with van der Waals surface area (Å²) in [5.74, 6) is 0.693. The van der Waals surface area contributed by atoms with Gasteiger partial charge in [-0.05, 0) is 36.8 Å². The minimum absolute atomic E-state index is 0.0729. The van der Waals surface area contributed by atoms with Crippen LogP contribution in [0.1, 0.15) is 18.2 Å². The van der Waals surface area contributed by atoms with E-state index >= 15 is 0 Å². The number of pyridine rings is 1. The molecule has 10 heteroatoms. The number of nitrogens with one attached hydrogen (secondary N) is 1. The largest absolute Gasteiger partial charge is 0.454 e. The van der Waals surface area contributed by atoms with Crippen LogP contribution in [0.5, 0.6) is 11.5 Å². The summed E-state index contributed by atoms with van der Waals surface area (Å²) in [4.78, 5) is 8.42. The number of benzene rings is 2. The number of aromatic nitrogens is 3. The summed E-state index contributed by atoms with van der Waals surface area (Å²) in [5.41, 5.74) is 2.49. The van der Waals surface area contributed by atoms with Gasteiger partial charge in [0.15, 0.2) is 5.75 Å². The maximum atomic E-state index is 12.6. The van der Waals surface area contributed by atoms with E-state index in [0.29, 0.717) is 11.4 Å². The monoisotopic (exact) mass is 463 g/mol. The molecular formula is C22H17N5O3S2. The van der Waals surface area contributed by atoms with Crippen molar-refractivity contribution in [1.82, 2.24) is 14.3 Å². The minimum Gasteiger partial charge on any atom is -0.454 e. The fraction of sp³-hybridized carbons (Fsp3) is 0.0909. The number of hydrogen-bond acceptors (Lipinski definition) is 8.